The molecule has 136 valence electrons. The van der Waals surface area contributed by atoms with E-state index in [1.165, 1.54) is 6.07 Å². The van der Waals surface area contributed by atoms with Crippen LogP contribution in [0.4, 0.5) is 11.4 Å². The van der Waals surface area contributed by atoms with Gasteiger partial charge in [-0.3, -0.25) is 19.7 Å². The number of carbonyl (C=O) groups excluding carboxylic acids is 2. The second kappa shape index (κ2) is 8.46. The zero-order valence-corrected chi connectivity index (χ0v) is 14.6. The summed E-state index contributed by atoms with van der Waals surface area (Å²) in [7, 11) is 3.49. The van der Waals surface area contributed by atoms with Gasteiger partial charge < -0.3 is 15.1 Å². The summed E-state index contributed by atoms with van der Waals surface area (Å²) >= 11 is 0. The first-order valence-corrected chi connectivity index (χ1v) is 8.36. The minimum atomic E-state index is -0.448. The lowest BCUT2D eigenvalue weighted by Gasteiger charge is -2.32. The molecule has 0 aromatic heterocycles. The second-order valence-corrected chi connectivity index (χ2v) is 6.34. The summed E-state index contributed by atoms with van der Waals surface area (Å²) in [5.41, 5.74) is 0.411. The van der Waals surface area contributed by atoms with Crippen LogP contribution >= 0.6 is 0 Å². The highest BCUT2D eigenvalue weighted by molar-refractivity contribution is 5.80. The lowest BCUT2D eigenvalue weighted by atomic mass is 9.95. The number of anilines is 1. The first-order chi connectivity index (χ1) is 11.9. The van der Waals surface area contributed by atoms with E-state index in [0.717, 1.165) is 0 Å². The Labute approximate surface area is 146 Å². The van der Waals surface area contributed by atoms with Gasteiger partial charge in [0.05, 0.1) is 4.92 Å². The Morgan fingerprint density at radius 1 is 1.28 bits per heavy atom. The summed E-state index contributed by atoms with van der Waals surface area (Å²) in [6, 6.07) is 6.37. The van der Waals surface area contributed by atoms with Crippen molar-refractivity contribution in [2.45, 2.75) is 19.3 Å². The molecule has 1 aromatic carbocycles. The zero-order chi connectivity index (χ0) is 18.4. The normalized spacial score (nSPS) is 14.9. The molecule has 1 heterocycles. The SMILES string of the molecule is CN(C)C(=O)C1CCN(C(=O)CCNc2ccccc2[N+](=O)[O-])CC1. The summed E-state index contributed by atoms with van der Waals surface area (Å²) < 4.78 is 0. The fourth-order valence-corrected chi connectivity index (χ4v) is 2.99. The molecule has 2 rings (SSSR count). The average Bonchev–Trinajstić information content (AvgIpc) is 2.61. The number of rotatable bonds is 6. The van der Waals surface area contributed by atoms with Gasteiger partial charge in [0.25, 0.3) is 5.69 Å². The van der Waals surface area contributed by atoms with E-state index >= 15 is 0 Å². The van der Waals surface area contributed by atoms with E-state index in [1.54, 1.807) is 42.1 Å². The number of para-hydroxylation sites is 2. The average molecular weight is 348 g/mol. The molecule has 1 N–H and O–H groups in total. The van der Waals surface area contributed by atoms with Crippen LogP contribution < -0.4 is 5.32 Å². The van der Waals surface area contributed by atoms with Crippen LogP contribution in [-0.2, 0) is 9.59 Å². The van der Waals surface area contributed by atoms with Gasteiger partial charge in [-0.25, -0.2) is 0 Å². The van der Waals surface area contributed by atoms with Crippen molar-refractivity contribution < 1.29 is 14.5 Å². The van der Waals surface area contributed by atoms with Gasteiger partial charge in [-0.2, -0.15) is 0 Å². The van der Waals surface area contributed by atoms with E-state index < -0.39 is 4.92 Å². The van der Waals surface area contributed by atoms with Crippen LogP contribution in [0, 0.1) is 16.0 Å². The molecule has 0 spiro atoms. The number of nitrogens with one attached hydrogen (secondary N) is 1. The molecule has 1 saturated heterocycles. The van der Waals surface area contributed by atoms with Crippen molar-refractivity contribution >= 4 is 23.2 Å². The molecule has 1 aliphatic rings. The third-order valence-electron chi connectivity index (χ3n) is 4.39. The van der Waals surface area contributed by atoms with Gasteiger partial charge in [-0.15, -0.1) is 0 Å². The van der Waals surface area contributed by atoms with Crippen LogP contribution in [0.25, 0.3) is 0 Å². The molecular weight excluding hydrogens is 324 g/mol. The van der Waals surface area contributed by atoms with Gasteiger partial charge in [-0.05, 0) is 18.9 Å². The van der Waals surface area contributed by atoms with E-state index in [4.69, 9.17) is 0 Å². The van der Waals surface area contributed by atoms with Crippen LogP contribution in [0.5, 0.6) is 0 Å². The minimum absolute atomic E-state index is 0.00170. The van der Waals surface area contributed by atoms with Gasteiger partial charge in [0.15, 0.2) is 0 Å². The minimum Gasteiger partial charge on any atom is -0.379 e. The van der Waals surface area contributed by atoms with Crippen LogP contribution in [0.15, 0.2) is 24.3 Å². The number of likely N-dealkylation sites (tertiary alicyclic amines) is 1. The number of nitrogens with zero attached hydrogens (tertiary/aromatic N) is 3. The molecule has 2 amide bonds. The first-order valence-electron chi connectivity index (χ1n) is 8.36. The van der Waals surface area contributed by atoms with Crippen molar-refractivity contribution in [1.82, 2.24) is 9.80 Å². The Balaban J connectivity index is 1.79. The lowest BCUT2D eigenvalue weighted by molar-refractivity contribution is -0.384. The number of carbonyl (C=O) groups is 2. The molecule has 0 bridgehead atoms. The van der Waals surface area contributed by atoms with Crippen LogP contribution in [0.1, 0.15) is 19.3 Å². The summed E-state index contributed by atoms with van der Waals surface area (Å²) in [5, 5.41) is 13.9. The van der Waals surface area contributed by atoms with E-state index in [1.807, 2.05) is 0 Å². The highest BCUT2D eigenvalue weighted by Gasteiger charge is 2.27. The summed E-state index contributed by atoms with van der Waals surface area (Å²) in [6.07, 6.45) is 1.62. The topological polar surface area (TPSA) is 95.8 Å². The van der Waals surface area contributed by atoms with Crippen molar-refractivity contribution in [2.75, 3.05) is 39.0 Å². The second-order valence-electron chi connectivity index (χ2n) is 6.34. The number of hydrogen-bond donors (Lipinski definition) is 1. The molecule has 0 saturated carbocycles. The highest BCUT2D eigenvalue weighted by Crippen LogP contribution is 2.23. The van der Waals surface area contributed by atoms with Crippen LogP contribution in [-0.4, -0.2) is 60.3 Å². The monoisotopic (exact) mass is 348 g/mol. The Bertz CT molecular complexity index is 639. The maximum atomic E-state index is 12.3. The van der Waals surface area contributed by atoms with Crippen molar-refractivity contribution in [3.8, 4) is 0 Å². The van der Waals surface area contributed by atoms with Gasteiger partial charge in [0.1, 0.15) is 5.69 Å². The summed E-state index contributed by atoms with van der Waals surface area (Å²) in [6.45, 7) is 1.49. The first kappa shape index (κ1) is 18.7. The Hall–Kier alpha value is -2.64. The van der Waals surface area contributed by atoms with Crippen molar-refractivity contribution in [2.24, 2.45) is 5.92 Å². The molecule has 0 unspecified atom stereocenters. The Morgan fingerprint density at radius 2 is 1.92 bits per heavy atom. The van der Waals surface area contributed by atoms with Crippen LogP contribution in [0.2, 0.25) is 0 Å². The van der Waals surface area contributed by atoms with Gasteiger partial charge in [-0.1, -0.05) is 12.1 Å². The lowest BCUT2D eigenvalue weighted by Crippen LogP contribution is -2.43. The molecule has 8 nitrogen and oxygen atoms in total. The molecule has 1 aliphatic heterocycles. The van der Waals surface area contributed by atoms with Crippen LogP contribution in [0.3, 0.4) is 0 Å². The fraction of sp³-hybridized carbons (Fsp3) is 0.529. The summed E-state index contributed by atoms with van der Waals surface area (Å²) in [5.74, 6) is 0.108. The third-order valence-corrected chi connectivity index (χ3v) is 4.39. The third kappa shape index (κ3) is 4.91. The zero-order valence-electron chi connectivity index (χ0n) is 14.6. The smallest absolute Gasteiger partial charge is 0.292 e. The highest BCUT2D eigenvalue weighted by atomic mass is 16.6. The molecule has 1 fully saturated rings. The molecule has 1 aromatic rings. The van der Waals surface area contributed by atoms with Crippen molar-refractivity contribution in [1.29, 1.82) is 0 Å². The predicted molar refractivity (Wildman–Crippen MR) is 94.2 cm³/mol. The van der Waals surface area contributed by atoms with E-state index in [0.29, 0.717) is 38.2 Å². The van der Waals surface area contributed by atoms with E-state index in [2.05, 4.69) is 5.32 Å². The number of amides is 2. The van der Waals surface area contributed by atoms with Crippen molar-refractivity contribution in [3.63, 3.8) is 0 Å². The Morgan fingerprint density at radius 3 is 2.52 bits per heavy atom. The molecule has 0 atom stereocenters. The molecule has 8 heteroatoms. The maximum Gasteiger partial charge on any atom is 0.292 e. The van der Waals surface area contributed by atoms with Crippen molar-refractivity contribution in [3.05, 3.63) is 34.4 Å². The van der Waals surface area contributed by atoms with E-state index in [9.17, 15) is 19.7 Å². The maximum absolute atomic E-state index is 12.3. The Kier molecular flexibility index (Phi) is 6.32. The number of hydrogen-bond acceptors (Lipinski definition) is 5. The summed E-state index contributed by atoms with van der Waals surface area (Å²) in [4.78, 5) is 38.1. The number of benzene rings is 1. The van der Waals surface area contributed by atoms with Gasteiger partial charge in [0, 0.05) is 52.1 Å². The fourth-order valence-electron chi connectivity index (χ4n) is 2.99. The van der Waals surface area contributed by atoms with Gasteiger partial charge >= 0.3 is 0 Å². The predicted octanol–water partition coefficient (Wildman–Crippen LogP) is 1.72. The number of nitro benzene ring substituents is 1. The quantitative estimate of drug-likeness (QED) is 0.624. The molecule has 0 aliphatic carbocycles. The molecular formula is C17H24N4O4. The largest absolute Gasteiger partial charge is 0.379 e. The molecule has 25 heavy (non-hydrogen) atoms. The van der Waals surface area contributed by atoms with E-state index in [-0.39, 0.29) is 29.8 Å². The standard InChI is InChI=1S/C17H24N4O4/c1-19(2)17(23)13-8-11-20(12-9-13)16(22)7-10-18-14-5-3-4-6-15(14)21(24)25/h3-6,13,18H,7-12H2,1-2H3. The number of nitro groups is 1. The molecule has 0 radical (unpaired) electrons. The van der Waals surface area contributed by atoms with Gasteiger partial charge in [0.2, 0.25) is 11.8 Å². The number of piperidine rings is 1.